The van der Waals surface area contributed by atoms with Crippen LogP contribution in [0, 0.1) is 5.92 Å². The number of hydrogen-bond acceptors (Lipinski definition) is 2. The molecule has 4 rings (SSSR count). The summed E-state index contributed by atoms with van der Waals surface area (Å²) in [5, 5.41) is 1.28. The number of fused-ring (bicyclic) bond motifs is 1. The molecule has 142 valence electrons. The summed E-state index contributed by atoms with van der Waals surface area (Å²) >= 11 is 12.5. The van der Waals surface area contributed by atoms with Gasteiger partial charge in [0, 0.05) is 36.9 Å². The highest BCUT2D eigenvalue weighted by atomic mass is 35.5. The molecule has 0 N–H and O–H groups in total. The topological polar surface area (TPSA) is 23.6 Å². The first-order valence-electron chi connectivity index (χ1n) is 9.66. The molecule has 0 bridgehead atoms. The predicted molar refractivity (Wildman–Crippen MR) is 112 cm³/mol. The Balaban J connectivity index is 1.52. The van der Waals surface area contributed by atoms with Crippen LogP contribution < -0.4 is 4.90 Å². The molecular formula is C22H24Cl2N2O. The van der Waals surface area contributed by atoms with Gasteiger partial charge >= 0.3 is 0 Å². The highest BCUT2D eigenvalue weighted by Gasteiger charge is 2.31. The third-order valence-electron chi connectivity index (χ3n) is 5.86. The van der Waals surface area contributed by atoms with Crippen molar-refractivity contribution < 1.29 is 4.79 Å². The van der Waals surface area contributed by atoms with Gasteiger partial charge in [0.15, 0.2) is 0 Å². The molecule has 1 saturated heterocycles. The lowest BCUT2D eigenvalue weighted by Gasteiger charge is -2.33. The van der Waals surface area contributed by atoms with E-state index in [1.54, 1.807) is 0 Å². The van der Waals surface area contributed by atoms with Crippen molar-refractivity contribution in [2.75, 3.05) is 18.0 Å². The molecular weight excluding hydrogens is 379 g/mol. The summed E-state index contributed by atoms with van der Waals surface area (Å²) in [6.45, 7) is 5.58. The monoisotopic (exact) mass is 402 g/mol. The van der Waals surface area contributed by atoms with Crippen molar-refractivity contribution in [3.8, 4) is 0 Å². The Labute approximate surface area is 170 Å². The van der Waals surface area contributed by atoms with Gasteiger partial charge in [0.25, 0.3) is 5.91 Å². The third-order valence-corrected chi connectivity index (χ3v) is 6.41. The van der Waals surface area contributed by atoms with Crippen molar-refractivity contribution in [1.82, 2.24) is 4.90 Å². The number of benzene rings is 2. The van der Waals surface area contributed by atoms with E-state index in [4.69, 9.17) is 23.2 Å². The Hall–Kier alpha value is -1.71. The number of anilines is 1. The van der Waals surface area contributed by atoms with Gasteiger partial charge in [-0.2, -0.15) is 0 Å². The average molecular weight is 403 g/mol. The van der Waals surface area contributed by atoms with Crippen molar-refractivity contribution >= 4 is 34.8 Å². The highest BCUT2D eigenvalue weighted by molar-refractivity contribution is 6.34. The summed E-state index contributed by atoms with van der Waals surface area (Å²) in [4.78, 5) is 17.1. The first-order valence-corrected chi connectivity index (χ1v) is 10.4. The quantitative estimate of drug-likeness (QED) is 0.647. The van der Waals surface area contributed by atoms with E-state index in [1.165, 1.54) is 19.3 Å². The summed E-state index contributed by atoms with van der Waals surface area (Å²) in [5.41, 5.74) is 3.92. The van der Waals surface area contributed by atoms with E-state index in [1.807, 2.05) is 35.2 Å². The molecule has 2 aromatic carbocycles. The summed E-state index contributed by atoms with van der Waals surface area (Å²) in [6, 6.07) is 11.8. The van der Waals surface area contributed by atoms with Gasteiger partial charge in [-0.1, -0.05) is 48.7 Å². The van der Waals surface area contributed by atoms with E-state index in [9.17, 15) is 4.79 Å². The van der Waals surface area contributed by atoms with Gasteiger partial charge in [-0.3, -0.25) is 4.79 Å². The fourth-order valence-corrected chi connectivity index (χ4v) is 4.61. The van der Waals surface area contributed by atoms with Crippen molar-refractivity contribution in [2.24, 2.45) is 5.92 Å². The molecule has 3 nitrogen and oxygen atoms in total. The largest absolute Gasteiger partial charge is 0.371 e. The van der Waals surface area contributed by atoms with Crippen LogP contribution in [0.4, 0.5) is 5.69 Å². The van der Waals surface area contributed by atoms with E-state index in [0.29, 0.717) is 28.7 Å². The minimum atomic E-state index is 0.0150. The Bertz CT molecular complexity index is 842. The first kappa shape index (κ1) is 18.6. The number of carbonyl (C=O) groups is 1. The van der Waals surface area contributed by atoms with E-state index >= 15 is 0 Å². The summed E-state index contributed by atoms with van der Waals surface area (Å²) in [6.07, 6.45) is 3.71. The first-order chi connectivity index (χ1) is 13.0. The average Bonchev–Trinajstić information content (AvgIpc) is 2.99. The highest BCUT2D eigenvalue weighted by Crippen LogP contribution is 2.36. The molecule has 1 fully saturated rings. The SMILES string of the molecule is CCC1CCN(c2cc(Cl)c3c(c2)CN(Cc2ccc(Cl)cc2)C3=O)CC1. The Morgan fingerprint density at radius 2 is 1.78 bits per heavy atom. The lowest BCUT2D eigenvalue weighted by Crippen LogP contribution is -2.33. The maximum absolute atomic E-state index is 12.9. The molecule has 0 radical (unpaired) electrons. The molecule has 0 saturated carbocycles. The number of carbonyl (C=O) groups excluding carboxylic acids is 1. The van der Waals surface area contributed by atoms with Crippen LogP contribution in [0.15, 0.2) is 36.4 Å². The van der Waals surface area contributed by atoms with Gasteiger partial charge in [0.1, 0.15) is 0 Å². The second-order valence-corrected chi connectivity index (χ2v) is 8.43. The number of piperidine rings is 1. The lowest BCUT2D eigenvalue weighted by molar-refractivity contribution is 0.0767. The van der Waals surface area contributed by atoms with Gasteiger partial charge in [-0.05, 0) is 54.2 Å². The third kappa shape index (κ3) is 3.81. The number of amides is 1. The van der Waals surface area contributed by atoms with Crippen LogP contribution in [0.2, 0.25) is 10.0 Å². The smallest absolute Gasteiger partial charge is 0.256 e. The second-order valence-electron chi connectivity index (χ2n) is 7.59. The van der Waals surface area contributed by atoms with Gasteiger partial charge in [0.2, 0.25) is 0 Å². The van der Waals surface area contributed by atoms with Gasteiger partial charge < -0.3 is 9.80 Å². The minimum Gasteiger partial charge on any atom is -0.371 e. The fourth-order valence-electron chi connectivity index (χ4n) is 4.17. The minimum absolute atomic E-state index is 0.0150. The molecule has 2 aliphatic rings. The van der Waals surface area contributed by atoms with Crippen LogP contribution in [0.1, 0.15) is 47.7 Å². The lowest BCUT2D eigenvalue weighted by atomic mass is 9.94. The normalized spacial score (nSPS) is 17.5. The van der Waals surface area contributed by atoms with Crippen LogP contribution in [-0.4, -0.2) is 23.9 Å². The van der Waals surface area contributed by atoms with E-state index in [0.717, 1.165) is 35.8 Å². The molecule has 2 aliphatic heterocycles. The van der Waals surface area contributed by atoms with Crippen molar-refractivity contribution in [1.29, 1.82) is 0 Å². The van der Waals surface area contributed by atoms with Crippen LogP contribution in [0.5, 0.6) is 0 Å². The molecule has 0 spiro atoms. The van der Waals surface area contributed by atoms with Crippen molar-refractivity contribution in [2.45, 2.75) is 39.3 Å². The standard InChI is InChI=1S/C22H24Cl2N2O/c1-2-15-7-9-25(10-8-15)19-11-17-14-26(22(27)21(17)20(24)12-19)13-16-3-5-18(23)6-4-16/h3-6,11-12,15H,2,7-10,13-14H2,1H3. The molecule has 5 heteroatoms. The van der Waals surface area contributed by atoms with Gasteiger partial charge in [-0.25, -0.2) is 0 Å². The maximum Gasteiger partial charge on any atom is 0.256 e. The molecule has 0 unspecified atom stereocenters. The number of hydrogen-bond donors (Lipinski definition) is 0. The van der Waals surface area contributed by atoms with E-state index in [2.05, 4.69) is 17.9 Å². The number of nitrogens with zero attached hydrogens (tertiary/aromatic N) is 2. The van der Waals surface area contributed by atoms with Crippen molar-refractivity contribution in [3.63, 3.8) is 0 Å². The number of halogens is 2. The molecule has 0 atom stereocenters. The zero-order valence-electron chi connectivity index (χ0n) is 15.5. The zero-order chi connectivity index (χ0) is 19.0. The fraction of sp³-hybridized carbons (Fsp3) is 0.409. The second kappa shape index (κ2) is 7.73. The molecule has 1 amide bonds. The van der Waals surface area contributed by atoms with Crippen molar-refractivity contribution in [3.05, 3.63) is 63.1 Å². The summed E-state index contributed by atoms with van der Waals surface area (Å²) in [7, 11) is 0. The van der Waals surface area contributed by atoms with E-state index < -0.39 is 0 Å². The number of rotatable bonds is 4. The maximum atomic E-state index is 12.9. The van der Waals surface area contributed by atoms with Gasteiger partial charge in [-0.15, -0.1) is 0 Å². The Morgan fingerprint density at radius 3 is 2.44 bits per heavy atom. The van der Waals surface area contributed by atoms with Crippen LogP contribution >= 0.6 is 23.2 Å². The molecule has 0 aliphatic carbocycles. The predicted octanol–water partition coefficient (Wildman–Crippen LogP) is 5.78. The molecule has 0 aromatic heterocycles. The van der Waals surface area contributed by atoms with Crippen LogP contribution in [0.25, 0.3) is 0 Å². The zero-order valence-corrected chi connectivity index (χ0v) is 17.1. The summed E-state index contributed by atoms with van der Waals surface area (Å²) in [5.74, 6) is 0.851. The van der Waals surface area contributed by atoms with E-state index in [-0.39, 0.29) is 5.91 Å². The van der Waals surface area contributed by atoms with Gasteiger partial charge in [0.05, 0.1) is 10.6 Å². The van der Waals surface area contributed by atoms with Crippen LogP contribution in [-0.2, 0) is 13.1 Å². The summed E-state index contributed by atoms with van der Waals surface area (Å²) < 4.78 is 0. The molecule has 2 heterocycles. The molecule has 2 aromatic rings. The Morgan fingerprint density at radius 1 is 1.07 bits per heavy atom. The van der Waals surface area contributed by atoms with Crippen LogP contribution in [0.3, 0.4) is 0 Å². The molecule has 27 heavy (non-hydrogen) atoms. The Kier molecular flexibility index (Phi) is 5.34.